The summed E-state index contributed by atoms with van der Waals surface area (Å²) in [6.45, 7) is 10.0. The minimum Gasteiger partial charge on any atom is -0.460 e. The lowest BCUT2D eigenvalue weighted by molar-refractivity contribution is -0.169. The maximum absolute atomic E-state index is 12.4. The summed E-state index contributed by atoms with van der Waals surface area (Å²) in [4.78, 5) is 12.4. The zero-order chi connectivity index (χ0) is 16.6. The Labute approximate surface area is 135 Å². The third kappa shape index (κ3) is 7.07. The Morgan fingerprint density at radius 3 is 2.68 bits per heavy atom. The molecule has 0 saturated carbocycles. The molecule has 0 aromatic rings. The summed E-state index contributed by atoms with van der Waals surface area (Å²) in [5.41, 5.74) is -0.441. The summed E-state index contributed by atoms with van der Waals surface area (Å²) in [5.74, 6) is -0.0582. The van der Waals surface area contributed by atoms with E-state index in [9.17, 15) is 4.79 Å². The van der Waals surface area contributed by atoms with E-state index in [4.69, 9.17) is 14.2 Å². The SMILES string of the molecule is CCCCC(OC)OCC1CNCCC1C(=O)OC(C)(C)C. The van der Waals surface area contributed by atoms with Gasteiger partial charge < -0.3 is 19.5 Å². The van der Waals surface area contributed by atoms with Crippen LogP contribution in [-0.4, -0.2) is 44.7 Å². The van der Waals surface area contributed by atoms with E-state index in [0.717, 1.165) is 38.8 Å². The fourth-order valence-corrected chi connectivity index (χ4v) is 2.66. The minimum atomic E-state index is -0.441. The van der Waals surface area contributed by atoms with Crippen LogP contribution in [0.15, 0.2) is 0 Å². The third-order valence-corrected chi connectivity index (χ3v) is 3.87. The molecule has 0 aromatic carbocycles. The molecular weight excluding hydrogens is 282 g/mol. The van der Waals surface area contributed by atoms with Gasteiger partial charge in [0.2, 0.25) is 0 Å². The number of methoxy groups -OCH3 is 1. The first kappa shape index (κ1) is 19.4. The number of esters is 1. The molecular formula is C17H33NO4. The smallest absolute Gasteiger partial charge is 0.309 e. The second kappa shape index (κ2) is 9.48. The van der Waals surface area contributed by atoms with Gasteiger partial charge in [0.1, 0.15) is 5.60 Å². The van der Waals surface area contributed by atoms with Crippen molar-refractivity contribution < 1.29 is 19.0 Å². The molecule has 22 heavy (non-hydrogen) atoms. The van der Waals surface area contributed by atoms with Gasteiger partial charge in [0.05, 0.1) is 12.5 Å². The Morgan fingerprint density at radius 1 is 1.36 bits per heavy atom. The van der Waals surface area contributed by atoms with E-state index >= 15 is 0 Å². The highest BCUT2D eigenvalue weighted by Crippen LogP contribution is 2.24. The molecule has 5 heteroatoms. The van der Waals surface area contributed by atoms with Crippen molar-refractivity contribution in [3.63, 3.8) is 0 Å². The molecule has 0 spiro atoms. The Kier molecular flexibility index (Phi) is 8.36. The summed E-state index contributed by atoms with van der Waals surface area (Å²) in [5, 5.41) is 3.34. The molecule has 0 bridgehead atoms. The number of rotatable bonds is 8. The first-order valence-corrected chi connectivity index (χ1v) is 8.45. The van der Waals surface area contributed by atoms with E-state index in [2.05, 4.69) is 12.2 Å². The van der Waals surface area contributed by atoms with Crippen LogP contribution < -0.4 is 5.32 Å². The van der Waals surface area contributed by atoms with Gasteiger partial charge in [-0.25, -0.2) is 0 Å². The van der Waals surface area contributed by atoms with Crippen molar-refractivity contribution >= 4 is 5.97 Å². The number of hydrogen-bond donors (Lipinski definition) is 1. The largest absolute Gasteiger partial charge is 0.460 e. The van der Waals surface area contributed by atoms with E-state index < -0.39 is 5.60 Å². The monoisotopic (exact) mass is 315 g/mol. The fourth-order valence-electron chi connectivity index (χ4n) is 2.66. The standard InChI is InChI=1S/C17H33NO4/c1-6-7-8-15(20-5)21-12-13-11-18-10-9-14(13)16(19)22-17(2,3)4/h13-15,18H,6-12H2,1-5H3. The van der Waals surface area contributed by atoms with Crippen molar-refractivity contribution in [2.24, 2.45) is 11.8 Å². The molecule has 3 unspecified atom stereocenters. The number of nitrogens with one attached hydrogen (secondary N) is 1. The molecule has 1 aliphatic rings. The van der Waals surface area contributed by atoms with Crippen LogP contribution in [0.2, 0.25) is 0 Å². The second-order valence-electron chi connectivity index (χ2n) is 7.03. The van der Waals surface area contributed by atoms with Crippen molar-refractivity contribution in [2.75, 3.05) is 26.8 Å². The van der Waals surface area contributed by atoms with Gasteiger partial charge >= 0.3 is 5.97 Å². The lowest BCUT2D eigenvalue weighted by Gasteiger charge is -2.33. The van der Waals surface area contributed by atoms with Gasteiger partial charge in [-0.3, -0.25) is 4.79 Å². The van der Waals surface area contributed by atoms with Gasteiger partial charge in [-0.05, 0) is 46.6 Å². The average Bonchev–Trinajstić information content (AvgIpc) is 2.46. The highest BCUT2D eigenvalue weighted by Gasteiger charge is 2.34. The number of carbonyl (C=O) groups excluding carboxylic acids is 1. The molecule has 3 atom stereocenters. The second-order valence-corrected chi connectivity index (χ2v) is 7.03. The molecule has 1 fully saturated rings. The molecule has 0 aromatic heterocycles. The Bertz CT molecular complexity index is 327. The number of carbonyl (C=O) groups is 1. The lowest BCUT2D eigenvalue weighted by Crippen LogP contribution is -2.45. The summed E-state index contributed by atoms with van der Waals surface area (Å²) < 4.78 is 16.8. The topological polar surface area (TPSA) is 56.8 Å². The summed E-state index contributed by atoms with van der Waals surface area (Å²) in [7, 11) is 1.67. The van der Waals surface area contributed by atoms with Crippen molar-refractivity contribution in [1.29, 1.82) is 0 Å². The quantitative estimate of drug-likeness (QED) is 0.551. The molecule has 0 amide bonds. The molecule has 0 radical (unpaired) electrons. The Balaban J connectivity index is 2.52. The van der Waals surface area contributed by atoms with Gasteiger partial charge in [-0.1, -0.05) is 13.3 Å². The highest BCUT2D eigenvalue weighted by atomic mass is 16.7. The van der Waals surface area contributed by atoms with Crippen LogP contribution >= 0.6 is 0 Å². The van der Waals surface area contributed by atoms with Gasteiger partial charge in [0.15, 0.2) is 6.29 Å². The van der Waals surface area contributed by atoms with E-state index in [0.29, 0.717) is 6.61 Å². The normalized spacial score (nSPS) is 24.0. The zero-order valence-electron chi connectivity index (χ0n) is 14.8. The van der Waals surface area contributed by atoms with Crippen LogP contribution in [0.25, 0.3) is 0 Å². The van der Waals surface area contributed by atoms with Crippen LogP contribution in [0, 0.1) is 11.8 Å². The molecule has 1 heterocycles. The van der Waals surface area contributed by atoms with Crippen LogP contribution in [0.4, 0.5) is 0 Å². The van der Waals surface area contributed by atoms with E-state index in [1.807, 2.05) is 20.8 Å². The van der Waals surface area contributed by atoms with Crippen LogP contribution in [0.5, 0.6) is 0 Å². The van der Waals surface area contributed by atoms with Crippen LogP contribution in [-0.2, 0) is 19.0 Å². The van der Waals surface area contributed by atoms with Crippen LogP contribution in [0.3, 0.4) is 0 Å². The number of unbranched alkanes of at least 4 members (excludes halogenated alkanes) is 1. The Hall–Kier alpha value is -0.650. The zero-order valence-corrected chi connectivity index (χ0v) is 14.8. The highest BCUT2D eigenvalue weighted by molar-refractivity contribution is 5.73. The Morgan fingerprint density at radius 2 is 2.09 bits per heavy atom. The third-order valence-electron chi connectivity index (χ3n) is 3.87. The molecule has 1 aliphatic heterocycles. The molecule has 1 N–H and O–H groups in total. The van der Waals surface area contributed by atoms with E-state index in [-0.39, 0.29) is 24.1 Å². The number of ether oxygens (including phenoxy) is 3. The first-order chi connectivity index (χ1) is 10.4. The summed E-state index contributed by atoms with van der Waals surface area (Å²) in [6.07, 6.45) is 3.71. The molecule has 0 aliphatic carbocycles. The summed E-state index contributed by atoms with van der Waals surface area (Å²) >= 11 is 0. The van der Waals surface area contributed by atoms with Crippen molar-refractivity contribution in [2.45, 2.75) is 65.3 Å². The molecule has 130 valence electrons. The summed E-state index contributed by atoms with van der Waals surface area (Å²) in [6, 6.07) is 0. The van der Waals surface area contributed by atoms with E-state index in [1.54, 1.807) is 7.11 Å². The van der Waals surface area contributed by atoms with E-state index in [1.165, 1.54) is 0 Å². The molecule has 1 rings (SSSR count). The molecule has 5 nitrogen and oxygen atoms in total. The van der Waals surface area contributed by atoms with Gasteiger partial charge in [-0.2, -0.15) is 0 Å². The maximum atomic E-state index is 12.4. The van der Waals surface area contributed by atoms with Crippen molar-refractivity contribution in [3.8, 4) is 0 Å². The lowest BCUT2D eigenvalue weighted by atomic mass is 9.87. The van der Waals surface area contributed by atoms with Crippen LogP contribution in [0.1, 0.15) is 53.4 Å². The molecule has 1 saturated heterocycles. The van der Waals surface area contributed by atoms with Crippen molar-refractivity contribution in [1.82, 2.24) is 5.32 Å². The first-order valence-electron chi connectivity index (χ1n) is 8.45. The van der Waals surface area contributed by atoms with Gasteiger partial charge in [0.25, 0.3) is 0 Å². The average molecular weight is 315 g/mol. The fraction of sp³-hybridized carbons (Fsp3) is 0.941. The number of hydrogen-bond acceptors (Lipinski definition) is 5. The minimum absolute atomic E-state index is 0.0934. The van der Waals surface area contributed by atoms with Crippen molar-refractivity contribution in [3.05, 3.63) is 0 Å². The van der Waals surface area contributed by atoms with Gasteiger partial charge in [0, 0.05) is 19.6 Å². The predicted octanol–water partition coefficient (Wildman–Crippen LogP) is 2.73. The van der Waals surface area contributed by atoms with Gasteiger partial charge in [-0.15, -0.1) is 0 Å². The maximum Gasteiger partial charge on any atom is 0.309 e. The predicted molar refractivity (Wildman–Crippen MR) is 86.6 cm³/mol. The number of piperidine rings is 1.